The van der Waals surface area contributed by atoms with Gasteiger partial charge in [0.1, 0.15) is 5.60 Å². The van der Waals surface area contributed by atoms with Crippen molar-refractivity contribution in [2.45, 2.75) is 123 Å². The van der Waals surface area contributed by atoms with E-state index in [0.717, 1.165) is 12.0 Å². The summed E-state index contributed by atoms with van der Waals surface area (Å²) >= 11 is 0. The Morgan fingerprint density at radius 2 is 1.58 bits per heavy atom. The molecular formula is C28H42F7N5O3. The van der Waals surface area contributed by atoms with Gasteiger partial charge in [-0.2, -0.15) is 18.3 Å². The summed E-state index contributed by atoms with van der Waals surface area (Å²) in [5.41, 5.74) is 1.33. The lowest BCUT2D eigenvalue weighted by atomic mass is 9.79. The molecule has 2 fully saturated rings. The molecule has 0 spiro atoms. The van der Waals surface area contributed by atoms with Crippen LogP contribution in [0.1, 0.15) is 97.2 Å². The topological polar surface area (TPSA) is 97.6 Å². The summed E-state index contributed by atoms with van der Waals surface area (Å²) in [6.07, 6.45) is 5.08. The van der Waals surface area contributed by atoms with Gasteiger partial charge in [-0.05, 0) is 51.2 Å². The number of nitrogens with one attached hydrogen (secondary N) is 2. The lowest BCUT2D eigenvalue weighted by Gasteiger charge is -2.34. The number of ether oxygens (including phenoxy) is 1. The molecule has 0 saturated heterocycles. The number of halogens is 7. The SMILES string of the molecule is CC.CC(C)(C)OC(=O)NCc1cn2ncc(CNC(=O)CC3CC(F)(F)C3)cc2n1.FC(F)F.FC1(F)CCCCC1. The number of hydrogen-bond acceptors (Lipinski definition) is 5. The van der Waals surface area contributed by atoms with Crippen LogP contribution in [0.15, 0.2) is 18.5 Å². The van der Waals surface area contributed by atoms with E-state index < -0.39 is 30.2 Å². The molecule has 2 aliphatic carbocycles. The van der Waals surface area contributed by atoms with Gasteiger partial charge in [0.15, 0.2) is 5.65 Å². The second kappa shape index (κ2) is 17.2. The van der Waals surface area contributed by atoms with Gasteiger partial charge in [-0.15, -0.1) is 0 Å². The fraction of sp³-hybridized carbons (Fsp3) is 0.714. The van der Waals surface area contributed by atoms with Gasteiger partial charge >= 0.3 is 12.8 Å². The van der Waals surface area contributed by atoms with Crippen molar-refractivity contribution in [2.75, 3.05) is 0 Å². The lowest BCUT2D eigenvalue weighted by molar-refractivity contribution is -0.133. The molecule has 2 aromatic heterocycles. The minimum atomic E-state index is -3.67. The number of hydrogen-bond donors (Lipinski definition) is 2. The van der Waals surface area contributed by atoms with E-state index in [-0.39, 0.29) is 57.0 Å². The van der Waals surface area contributed by atoms with E-state index in [4.69, 9.17) is 4.74 Å². The molecule has 0 radical (unpaired) electrons. The molecule has 15 heteroatoms. The number of alkyl carbamates (subject to hydrolysis) is 1. The van der Waals surface area contributed by atoms with Gasteiger partial charge in [-0.1, -0.05) is 20.3 Å². The van der Waals surface area contributed by atoms with Crippen LogP contribution in [0.3, 0.4) is 0 Å². The summed E-state index contributed by atoms with van der Waals surface area (Å²) in [5, 5.41) is 9.59. The van der Waals surface area contributed by atoms with Crippen LogP contribution in [-0.4, -0.2) is 50.7 Å². The first-order valence-electron chi connectivity index (χ1n) is 14.2. The maximum absolute atomic E-state index is 12.8. The Kier molecular flexibility index (Phi) is 15.2. The Hall–Kier alpha value is -3.13. The zero-order valence-corrected chi connectivity index (χ0v) is 25.2. The zero-order chi connectivity index (χ0) is 32.8. The fourth-order valence-corrected chi connectivity index (χ4v) is 4.16. The lowest BCUT2D eigenvalue weighted by Crippen LogP contribution is -2.38. The maximum atomic E-state index is 12.8. The number of amides is 2. The van der Waals surface area contributed by atoms with Crippen LogP contribution in [-0.2, 0) is 22.6 Å². The highest BCUT2D eigenvalue weighted by molar-refractivity contribution is 5.76. The van der Waals surface area contributed by atoms with Crippen LogP contribution in [0, 0.1) is 5.92 Å². The smallest absolute Gasteiger partial charge is 0.407 e. The summed E-state index contributed by atoms with van der Waals surface area (Å²) in [5.74, 6) is -5.44. The number of imidazole rings is 1. The predicted octanol–water partition coefficient (Wildman–Crippen LogP) is 7.60. The van der Waals surface area contributed by atoms with E-state index in [0.29, 0.717) is 24.2 Å². The second-order valence-electron chi connectivity index (χ2n) is 11.0. The molecule has 8 nitrogen and oxygen atoms in total. The maximum Gasteiger partial charge on any atom is 0.407 e. The number of carbonyl (C=O) groups is 2. The van der Waals surface area contributed by atoms with Gasteiger partial charge in [0.05, 0.1) is 24.6 Å². The number of carbonyl (C=O) groups excluding carboxylic acids is 2. The van der Waals surface area contributed by atoms with Crippen LogP contribution in [0.4, 0.5) is 35.5 Å². The Bertz CT molecular complexity index is 1120. The minimum absolute atomic E-state index is 0.106. The summed E-state index contributed by atoms with van der Waals surface area (Å²) in [6, 6.07) is 1.77. The Labute approximate surface area is 247 Å². The Morgan fingerprint density at radius 3 is 2.07 bits per heavy atom. The molecule has 0 aromatic carbocycles. The average molecular weight is 630 g/mol. The first kappa shape index (κ1) is 37.9. The molecule has 2 N–H and O–H groups in total. The Balaban J connectivity index is 0.000000547. The first-order valence-corrected chi connectivity index (χ1v) is 14.2. The molecular weight excluding hydrogens is 587 g/mol. The molecule has 2 saturated carbocycles. The van der Waals surface area contributed by atoms with Crippen molar-refractivity contribution in [1.82, 2.24) is 25.2 Å². The largest absolute Gasteiger partial charge is 0.444 e. The number of aromatic nitrogens is 3. The molecule has 0 atom stereocenters. The minimum Gasteiger partial charge on any atom is -0.444 e. The molecule has 2 heterocycles. The average Bonchev–Trinajstić information content (AvgIpc) is 3.28. The molecule has 0 aliphatic heterocycles. The molecule has 0 unspecified atom stereocenters. The standard InChI is InChI=1S/C19H25F2N5O3.C6H10F2.C2H6.CHF3/c1-18(2,3)29-17(28)23-10-14-11-26-15(25-14)4-13(9-24-26)8-22-16(27)5-12-6-19(20,21)7-12;7-6(8)4-2-1-3-5-6;1-2;2-1(3)4/h4,9,11-12H,5-8,10H2,1-3H3,(H,22,27)(H,23,28);1-5H2;1-2H3;1H. The van der Waals surface area contributed by atoms with Crippen LogP contribution < -0.4 is 10.6 Å². The van der Waals surface area contributed by atoms with Gasteiger partial charge in [-0.3, -0.25) is 4.79 Å². The molecule has 246 valence electrons. The van der Waals surface area contributed by atoms with Crippen molar-refractivity contribution in [3.63, 3.8) is 0 Å². The van der Waals surface area contributed by atoms with Gasteiger partial charge in [-0.25, -0.2) is 31.9 Å². The predicted molar refractivity (Wildman–Crippen MR) is 147 cm³/mol. The number of alkyl halides is 7. The normalized spacial score (nSPS) is 17.1. The van der Waals surface area contributed by atoms with E-state index in [9.17, 15) is 40.3 Å². The van der Waals surface area contributed by atoms with Gasteiger partial charge in [0.2, 0.25) is 17.8 Å². The molecule has 2 aliphatic rings. The molecule has 43 heavy (non-hydrogen) atoms. The molecule has 4 rings (SSSR count). The molecule has 2 aromatic rings. The second-order valence-corrected chi connectivity index (χ2v) is 11.0. The van der Waals surface area contributed by atoms with E-state index in [2.05, 4.69) is 20.7 Å². The molecule has 0 bridgehead atoms. The third kappa shape index (κ3) is 16.3. The van der Waals surface area contributed by atoms with Crippen LogP contribution >= 0.6 is 0 Å². The third-order valence-electron chi connectivity index (χ3n) is 5.96. The number of fused-ring (bicyclic) bond motifs is 1. The van der Waals surface area contributed by atoms with Gasteiger partial charge < -0.3 is 15.4 Å². The quantitative estimate of drug-likeness (QED) is 0.321. The monoisotopic (exact) mass is 629 g/mol. The van der Waals surface area contributed by atoms with E-state index >= 15 is 0 Å². The first-order chi connectivity index (χ1) is 19.9. The molecule has 2 amide bonds. The van der Waals surface area contributed by atoms with Crippen molar-refractivity contribution in [3.8, 4) is 0 Å². The van der Waals surface area contributed by atoms with Crippen molar-refractivity contribution >= 4 is 17.6 Å². The fourth-order valence-electron chi connectivity index (χ4n) is 4.16. The van der Waals surface area contributed by atoms with Crippen molar-refractivity contribution in [3.05, 3.63) is 29.7 Å². The Morgan fingerprint density at radius 1 is 1.00 bits per heavy atom. The van der Waals surface area contributed by atoms with Crippen molar-refractivity contribution in [2.24, 2.45) is 5.92 Å². The van der Waals surface area contributed by atoms with Crippen LogP contribution in [0.25, 0.3) is 5.65 Å². The van der Waals surface area contributed by atoms with E-state index in [1.165, 1.54) is 0 Å². The van der Waals surface area contributed by atoms with Crippen LogP contribution in [0.2, 0.25) is 0 Å². The summed E-state index contributed by atoms with van der Waals surface area (Å²) in [4.78, 5) is 28.0. The highest BCUT2D eigenvalue weighted by Crippen LogP contribution is 2.43. The van der Waals surface area contributed by atoms with Crippen molar-refractivity contribution in [1.29, 1.82) is 0 Å². The van der Waals surface area contributed by atoms with E-state index in [1.54, 1.807) is 43.7 Å². The van der Waals surface area contributed by atoms with Gasteiger partial charge in [0, 0.05) is 38.6 Å². The van der Waals surface area contributed by atoms with Crippen molar-refractivity contribution < 1.29 is 45.1 Å². The number of nitrogens with zero attached hydrogens (tertiary/aromatic N) is 3. The summed E-state index contributed by atoms with van der Waals surface area (Å²) in [6.45, 7) is 6.11. The summed E-state index contributed by atoms with van der Waals surface area (Å²) < 4.78 is 85.8. The third-order valence-corrected chi connectivity index (χ3v) is 5.96. The van der Waals surface area contributed by atoms with Crippen LogP contribution in [0.5, 0.6) is 0 Å². The summed E-state index contributed by atoms with van der Waals surface area (Å²) in [7, 11) is 0. The highest BCUT2D eigenvalue weighted by atomic mass is 19.4. The highest BCUT2D eigenvalue weighted by Gasteiger charge is 2.45. The van der Waals surface area contributed by atoms with Gasteiger partial charge in [0.25, 0.3) is 0 Å². The number of rotatable bonds is 6. The van der Waals surface area contributed by atoms with E-state index in [1.807, 2.05) is 13.8 Å². The zero-order valence-electron chi connectivity index (χ0n) is 25.2.